The van der Waals surface area contributed by atoms with Crippen LogP contribution in [0, 0.1) is 23.5 Å². The Morgan fingerprint density at radius 3 is 2.78 bits per heavy atom. The summed E-state index contributed by atoms with van der Waals surface area (Å²) in [5.41, 5.74) is 0.259. The van der Waals surface area contributed by atoms with Crippen LogP contribution in [0.15, 0.2) is 36.4 Å². The molecule has 1 aromatic carbocycles. The fourth-order valence-corrected chi connectivity index (χ4v) is 5.31. The monoisotopic (exact) mass is 534 g/mol. The van der Waals surface area contributed by atoms with Crippen molar-refractivity contribution in [3.8, 4) is 0 Å². The highest BCUT2D eigenvalue weighted by atomic mass is 32.2. The maximum absolute atomic E-state index is 15.5. The first-order valence-electron chi connectivity index (χ1n) is 12.1. The van der Waals surface area contributed by atoms with E-state index in [1.165, 1.54) is 12.4 Å². The Bertz CT molecular complexity index is 1370. The molecule has 1 saturated carbocycles. The number of alkyl halides is 1. The van der Waals surface area contributed by atoms with Gasteiger partial charge in [-0.15, -0.1) is 0 Å². The number of aromatic amines is 1. The zero-order valence-corrected chi connectivity index (χ0v) is 20.8. The van der Waals surface area contributed by atoms with E-state index in [0.29, 0.717) is 34.7 Å². The molecule has 11 heteroatoms. The number of ketones is 1. The van der Waals surface area contributed by atoms with E-state index in [9.17, 15) is 23.1 Å². The van der Waals surface area contributed by atoms with E-state index in [4.69, 9.17) is 0 Å². The number of hydrogen-bond acceptors (Lipinski definition) is 6. The Hall–Kier alpha value is -3.05. The number of carbonyl (C=O) groups excluding carboxylic acids is 1. The van der Waals surface area contributed by atoms with Gasteiger partial charge in [0.1, 0.15) is 23.5 Å². The first-order chi connectivity index (χ1) is 17.8. The van der Waals surface area contributed by atoms with Gasteiger partial charge < -0.3 is 20.1 Å². The van der Waals surface area contributed by atoms with E-state index >= 15 is 4.39 Å². The van der Waals surface area contributed by atoms with Crippen molar-refractivity contribution in [2.75, 3.05) is 16.6 Å². The molecule has 3 atom stereocenters. The van der Waals surface area contributed by atoms with Crippen LogP contribution >= 0.6 is 11.9 Å². The molecule has 37 heavy (non-hydrogen) atoms. The molecular weight excluding hydrogens is 508 g/mol. The summed E-state index contributed by atoms with van der Waals surface area (Å²) < 4.78 is 61.3. The third-order valence-corrected chi connectivity index (χ3v) is 7.85. The highest BCUT2D eigenvalue weighted by molar-refractivity contribution is 8.01. The number of pyridine rings is 1. The smallest absolute Gasteiger partial charge is 0.201 e. The van der Waals surface area contributed by atoms with Crippen LogP contribution in [0.2, 0.25) is 0 Å². The molecule has 0 spiro atoms. The predicted octanol–water partition coefficient (Wildman–Crippen LogP) is 6.05. The van der Waals surface area contributed by atoms with Gasteiger partial charge in [-0.2, -0.15) is 0 Å². The molecule has 2 heterocycles. The average Bonchev–Trinajstić information content (AvgIpc) is 3.60. The van der Waals surface area contributed by atoms with Gasteiger partial charge in [0.15, 0.2) is 5.82 Å². The Morgan fingerprint density at radius 2 is 2.05 bits per heavy atom. The van der Waals surface area contributed by atoms with E-state index in [1.807, 2.05) is 0 Å². The standard InChI is InChI=1S/C26H26F4N4O2S/c1-12-6-18(29)20(7-17(12)28)37-34-19-5-4-16(27)22(23(19)30)25(36)15-10-33-26-21(15)24(14(11-35)9-32-26)31-8-13-2-3-13/h4-5,7,9-10,12-13,18,20,34-35H,2-3,6,8,11H2,1H3,(H2,31,32,33)/t12-,18?,20?/m1/s1. The topological polar surface area (TPSA) is 90.0 Å². The average molecular weight is 535 g/mol. The molecule has 3 aromatic rings. The zero-order valence-electron chi connectivity index (χ0n) is 20.0. The number of anilines is 2. The number of nitrogens with one attached hydrogen (secondary N) is 3. The molecule has 1 fully saturated rings. The van der Waals surface area contributed by atoms with Gasteiger partial charge in [0, 0.05) is 30.4 Å². The van der Waals surface area contributed by atoms with Crippen LogP contribution in [0.5, 0.6) is 0 Å². The number of fused-ring (bicyclic) bond motifs is 1. The van der Waals surface area contributed by atoms with Crippen LogP contribution in [0.1, 0.15) is 47.7 Å². The van der Waals surface area contributed by atoms with E-state index in [-0.39, 0.29) is 24.3 Å². The Balaban J connectivity index is 1.47. The maximum Gasteiger partial charge on any atom is 0.201 e. The van der Waals surface area contributed by atoms with E-state index in [0.717, 1.165) is 43.0 Å². The minimum absolute atomic E-state index is 0.00113. The van der Waals surface area contributed by atoms with Gasteiger partial charge in [0.2, 0.25) is 5.78 Å². The lowest BCUT2D eigenvalue weighted by atomic mass is 9.95. The molecule has 2 aromatic heterocycles. The molecule has 5 rings (SSSR count). The quantitative estimate of drug-likeness (QED) is 0.152. The number of aliphatic hydroxyl groups excluding tert-OH is 1. The summed E-state index contributed by atoms with van der Waals surface area (Å²) in [7, 11) is 0. The van der Waals surface area contributed by atoms with Gasteiger partial charge in [-0.3, -0.25) is 4.79 Å². The van der Waals surface area contributed by atoms with Crippen LogP contribution in [0.25, 0.3) is 11.0 Å². The molecule has 2 aliphatic carbocycles. The van der Waals surface area contributed by atoms with Crippen molar-refractivity contribution >= 4 is 40.1 Å². The molecule has 0 amide bonds. The van der Waals surface area contributed by atoms with E-state index in [1.54, 1.807) is 6.92 Å². The van der Waals surface area contributed by atoms with Crippen molar-refractivity contribution in [2.45, 2.75) is 44.2 Å². The van der Waals surface area contributed by atoms with Crippen molar-refractivity contribution in [3.05, 3.63) is 64.8 Å². The highest BCUT2D eigenvalue weighted by Crippen LogP contribution is 2.37. The van der Waals surface area contributed by atoms with E-state index < -0.39 is 46.1 Å². The summed E-state index contributed by atoms with van der Waals surface area (Å²) in [5.74, 6) is -3.60. The third kappa shape index (κ3) is 5.06. The van der Waals surface area contributed by atoms with Gasteiger partial charge in [-0.1, -0.05) is 6.92 Å². The molecule has 0 aliphatic heterocycles. The van der Waals surface area contributed by atoms with Crippen LogP contribution in [0.3, 0.4) is 0 Å². The number of allylic oxidation sites excluding steroid dienone is 1. The summed E-state index contributed by atoms with van der Waals surface area (Å²) in [4.78, 5) is 20.6. The summed E-state index contributed by atoms with van der Waals surface area (Å²) in [6.45, 7) is 1.88. The number of halogens is 4. The Labute approximate surface area is 215 Å². The molecule has 2 unspecified atom stereocenters. The van der Waals surface area contributed by atoms with Crippen molar-refractivity contribution in [2.24, 2.45) is 11.8 Å². The Morgan fingerprint density at radius 1 is 1.27 bits per heavy atom. The number of rotatable bonds is 9. The molecule has 0 radical (unpaired) electrons. The minimum Gasteiger partial charge on any atom is -0.392 e. The molecule has 2 aliphatic rings. The summed E-state index contributed by atoms with van der Waals surface area (Å²) >= 11 is 0.758. The van der Waals surface area contributed by atoms with Crippen molar-refractivity contribution in [3.63, 3.8) is 0 Å². The molecule has 0 bridgehead atoms. The number of benzene rings is 1. The van der Waals surface area contributed by atoms with Gasteiger partial charge >= 0.3 is 0 Å². The molecular formula is C26H26F4N4O2S. The molecule has 196 valence electrons. The lowest BCUT2D eigenvalue weighted by Crippen LogP contribution is -2.26. The molecule has 6 nitrogen and oxygen atoms in total. The second-order valence-corrected chi connectivity index (χ2v) is 10.6. The summed E-state index contributed by atoms with van der Waals surface area (Å²) in [6, 6.07) is 2.06. The fraction of sp³-hybridized carbons (Fsp3) is 0.385. The van der Waals surface area contributed by atoms with Gasteiger partial charge in [-0.05, 0) is 55.3 Å². The summed E-state index contributed by atoms with van der Waals surface area (Å²) in [5, 5.41) is 12.5. The summed E-state index contributed by atoms with van der Waals surface area (Å²) in [6.07, 6.45) is 4.77. The number of nitrogens with zero attached hydrogens (tertiary/aromatic N) is 1. The fourth-order valence-electron chi connectivity index (χ4n) is 4.43. The number of aliphatic hydroxyl groups is 1. The lowest BCUT2D eigenvalue weighted by Gasteiger charge is -2.25. The SMILES string of the molecule is C[C@@H]1CC(F)C(SNc2ccc(F)c(C(=O)c3c[nH]c4ncc(CO)c(NCC5CC5)c34)c2F)C=C1F. The largest absolute Gasteiger partial charge is 0.392 e. The van der Waals surface area contributed by atoms with Crippen molar-refractivity contribution < 1.29 is 27.5 Å². The van der Waals surface area contributed by atoms with Crippen LogP contribution in [-0.2, 0) is 6.61 Å². The van der Waals surface area contributed by atoms with E-state index in [2.05, 4.69) is 20.0 Å². The number of carbonyl (C=O) groups is 1. The van der Waals surface area contributed by atoms with Gasteiger partial charge in [-0.25, -0.2) is 22.5 Å². The number of hydrogen-bond donors (Lipinski definition) is 4. The predicted molar refractivity (Wildman–Crippen MR) is 136 cm³/mol. The first-order valence-corrected chi connectivity index (χ1v) is 13.0. The second kappa shape index (κ2) is 10.4. The number of H-pyrrole nitrogens is 1. The zero-order chi connectivity index (χ0) is 26.3. The third-order valence-electron chi connectivity index (χ3n) is 6.81. The van der Waals surface area contributed by atoms with Crippen LogP contribution < -0.4 is 10.0 Å². The maximum atomic E-state index is 15.5. The van der Waals surface area contributed by atoms with Gasteiger partial charge in [0.25, 0.3) is 0 Å². The lowest BCUT2D eigenvalue weighted by molar-refractivity contribution is 0.103. The van der Waals surface area contributed by atoms with Crippen molar-refractivity contribution in [1.29, 1.82) is 0 Å². The van der Waals surface area contributed by atoms with Gasteiger partial charge in [0.05, 0.1) is 39.7 Å². The van der Waals surface area contributed by atoms with Crippen LogP contribution in [0.4, 0.5) is 28.9 Å². The Kier molecular flexibility index (Phi) is 7.17. The second-order valence-electron chi connectivity index (χ2n) is 9.57. The number of aromatic nitrogens is 2. The first kappa shape index (κ1) is 25.6. The minimum atomic E-state index is -1.35. The van der Waals surface area contributed by atoms with Crippen molar-refractivity contribution in [1.82, 2.24) is 9.97 Å². The molecule has 4 N–H and O–H groups in total. The highest BCUT2D eigenvalue weighted by Gasteiger charge is 2.31. The molecule has 0 saturated heterocycles. The normalized spacial score (nSPS) is 21.7. The van der Waals surface area contributed by atoms with Crippen LogP contribution in [-0.4, -0.2) is 38.8 Å².